The van der Waals surface area contributed by atoms with Crippen LogP contribution in [0.15, 0.2) is 24.3 Å². The van der Waals surface area contributed by atoms with E-state index in [0.717, 1.165) is 23.6 Å². The number of halogens is 1. The van der Waals surface area contributed by atoms with Crippen LogP contribution in [0, 0.1) is 0 Å². The molecule has 20 heavy (non-hydrogen) atoms. The van der Waals surface area contributed by atoms with Gasteiger partial charge in [-0.05, 0) is 39.4 Å². The first-order chi connectivity index (χ1) is 9.39. The van der Waals surface area contributed by atoms with E-state index in [1.807, 2.05) is 38.1 Å². The minimum atomic E-state index is -0.991. The third kappa shape index (κ3) is 4.05. The molecule has 0 saturated carbocycles. The van der Waals surface area contributed by atoms with Gasteiger partial charge in [0.25, 0.3) is 0 Å². The predicted molar refractivity (Wildman–Crippen MR) is 83.7 cm³/mol. The highest BCUT2D eigenvalue weighted by molar-refractivity contribution is 6.48. The van der Waals surface area contributed by atoms with E-state index < -0.39 is 14.8 Å². The summed E-state index contributed by atoms with van der Waals surface area (Å²) in [6, 6.07) is 7.79. The normalized spacial score (nSPS) is 25.3. The second-order valence-corrected chi connectivity index (χ2v) is 8.66. The summed E-state index contributed by atoms with van der Waals surface area (Å²) >= 11 is 6.29. The van der Waals surface area contributed by atoms with E-state index >= 15 is 0 Å². The van der Waals surface area contributed by atoms with Crippen LogP contribution in [-0.2, 0) is 13.9 Å². The average Bonchev–Trinajstić information content (AvgIpc) is 2.65. The van der Waals surface area contributed by atoms with Crippen LogP contribution in [0.1, 0.15) is 31.9 Å². The molecule has 2 atom stereocenters. The summed E-state index contributed by atoms with van der Waals surface area (Å²) in [5, 5.41) is 0.725. The van der Waals surface area contributed by atoms with Crippen molar-refractivity contribution in [3.8, 4) is 0 Å². The van der Waals surface area contributed by atoms with E-state index in [1.54, 1.807) is 0 Å². The number of rotatable bonds is 5. The summed E-state index contributed by atoms with van der Waals surface area (Å²) in [6.45, 7) is 8.93. The summed E-state index contributed by atoms with van der Waals surface area (Å²) < 4.78 is 17.8. The Labute approximate surface area is 127 Å². The Morgan fingerprint density at radius 2 is 1.95 bits per heavy atom. The number of ether oxygens (including phenoxy) is 2. The fourth-order valence-electron chi connectivity index (χ4n) is 2.44. The fraction of sp³-hybridized carbons (Fsp3) is 0.600. The van der Waals surface area contributed by atoms with Gasteiger partial charge in [0.05, 0.1) is 6.10 Å². The van der Waals surface area contributed by atoms with Gasteiger partial charge in [0.15, 0.2) is 14.8 Å². The van der Waals surface area contributed by atoms with E-state index in [2.05, 4.69) is 13.1 Å². The summed E-state index contributed by atoms with van der Waals surface area (Å²) in [5.74, 6) is -0.580. The smallest absolute Gasteiger partial charge is 0.170 e. The van der Waals surface area contributed by atoms with E-state index in [-0.39, 0.29) is 12.2 Å². The van der Waals surface area contributed by atoms with Crippen LogP contribution in [-0.4, -0.2) is 27.5 Å². The van der Waals surface area contributed by atoms with Crippen molar-refractivity contribution < 1.29 is 13.9 Å². The molecule has 3 nitrogen and oxygen atoms in total. The Kier molecular flexibility index (Phi) is 5.26. The van der Waals surface area contributed by atoms with Crippen LogP contribution < -0.4 is 0 Å². The van der Waals surface area contributed by atoms with Crippen molar-refractivity contribution >= 4 is 20.6 Å². The third-order valence-electron chi connectivity index (χ3n) is 3.25. The number of benzene rings is 1. The zero-order valence-corrected chi connectivity index (χ0v) is 14.5. The Morgan fingerprint density at radius 3 is 2.60 bits per heavy atom. The first kappa shape index (κ1) is 16.0. The minimum Gasteiger partial charge on any atom is -0.420 e. The lowest BCUT2D eigenvalue weighted by atomic mass is 10.0. The van der Waals surface area contributed by atoms with Gasteiger partial charge in [-0.25, -0.2) is 0 Å². The molecule has 1 aliphatic rings. The van der Waals surface area contributed by atoms with E-state index in [4.69, 9.17) is 25.5 Å². The van der Waals surface area contributed by atoms with Crippen LogP contribution in [0.5, 0.6) is 0 Å². The molecule has 0 bridgehead atoms. The fourth-order valence-corrected chi connectivity index (χ4v) is 3.29. The molecule has 0 amide bonds. The summed E-state index contributed by atoms with van der Waals surface area (Å²) in [6.07, 6.45) is 0.679. The summed E-state index contributed by atoms with van der Waals surface area (Å²) in [4.78, 5) is 0. The van der Waals surface area contributed by atoms with Crippen molar-refractivity contribution in [3.63, 3.8) is 0 Å². The Morgan fingerprint density at radius 1 is 1.25 bits per heavy atom. The van der Waals surface area contributed by atoms with E-state index in [9.17, 15) is 0 Å². The molecule has 1 aromatic carbocycles. The van der Waals surface area contributed by atoms with Gasteiger partial charge in [-0.3, -0.25) is 0 Å². The molecule has 1 aliphatic heterocycles. The van der Waals surface area contributed by atoms with Crippen molar-refractivity contribution in [2.75, 3.05) is 6.61 Å². The summed E-state index contributed by atoms with van der Waals surface area (Å²) in [5.41, 5.74) is 0.992. The van der Waals surface area contributed by atoms with Crippen LogP contribution in [0.25, 0.3) is 0 Å². The predicted octanol–water partition coefficient (Wildman–Crippen LogP) is 3.92. The molecule has 1 fully saturated rings. The Balaban J connectivity index is 2.10. The standard InChI is InChI=1S/C15H23ClO3Si/c1-15(2)18-13(9-10-17-20(3)4)14(19-15)11-7-5-6-8-12(11)16/h5-8,13-14,20H,9-10H2,1-4H3/t13-,14-/m0/s1. The topological polar surface area (TPSA) is 27.7 Å². The average molecular weight is 315 g/mol. The van der Waals surface area contributed by atoms with Gasteiger partial charge in [0.2, 0.25) is 0 Å². The Hall–Kier alpha value is -0.393. The van der Waals surface area contributed by atoms with Crippen molar-refractivity contribution in [2.45, 2.75) is 51.4 Å². The van der Waals surface area contributed by atoms with Gasteiger partial charge in [-0.2, -0.15) is 0 Å². The number of hydrogen-bond acceptors (Lipinski definition) is 3. The van der Waals surface area contributed by atoms with Gasteiger partial charge in [-0.1, -0.05) is 29.8 Å². The van der Waals surface area contributed by atoms with E-state index in [1.165, 1.54) is 0 Å². The third-order valence-corrected chi connectivity index (χ3v) is 4.50. The molecular formula is C15H23ClO3Si. The van der Waals surface area contributed by atoms with Crippen LogP contribution in [0.2, 0.25) is 18.1 Å². The van der Waals surface area contributed by atoms with Crippen LogP contribution in [0.3, 0.4) is 0 Å². The molecule has 0 radical (unpaired) electrons. The highest BCUT2D eigenvalue weighted by Gasteiger charge is 2.42. The minimum absolute atomic E-state index is 0.0161. The maximum atomic E-state index is 6.29. The van der Waals surface area contributed by atoms with Crippen molar-refractivity contribution in [3.05, 3.63) is 34.9 Å². The van der Waals surface area contributed by atoms with Gasteiger partial charge in [-0.15, -0.1) is 0 Å². The zero-order chi connectivity index (χ0) is 14.8. The van der Waals surface area contributed by atoms with Crippen molar-refractivity contribution in [1.29, 1.82) is 0 Å². The van der Waals surface area contributed by atoms with Crippen LogP contribution >= 0.6 is 11.6 Å². The van der Waals surface area contributed by atoms with Crippen LogP contribution in [0.4, 0.5) is 0 Å². The molecule has 0 aromatic heterocycles. The molecular weight excluding hydrogens is 292 g/mol. The quantitative estimate of drug-likeness (QED) is 0.771. The molecule has 2 rings (SSSR count). The highest BCUT2D eigenvalue weighted by atomic mass is 35.5. The maximum absolute atomic E-state index is 6.29. The first-order valence-corrected chi connectivity index (χ1v) is 10.3. The maximum Gasteiger partial charge on any atom is 0.170 e. The van der Waals surface area contributed by atoms with Gasteiger partial charge in [0.1, 0.15) is 6.10 Å². The molecule has 0 unspecified atom stereocenters. The molecule has 1 aromatic rings. The SMILES string of the molecule is C[SiH](C)OCC[C@@H]1OC(C)(C)O[C@H]1c1ccccc1Cl. The molecule has 0 spiro atoms. The molecule has 1 heterocycles. The van der Waals surface area contributed by atoms with Gasteiger partial charge < -0.3 is 13.9 Å². The molecule has 0 N–H and O–H groups in total. The molecule has 1 saturated heterocycles. The van der Waals surface area contributed by atoms with E-state index in [0.29, 0.717) is 0 Å². The second-order valence-electron chi connectivity index (χ2n) is 5.82. The van der Waals surface area contributed by atoms with Crippen molar-refractivity contribution in [1.82, 2.24) is 0 Å². The zero-order valence-electron chi connectivity index (χ0n) is 12.6. The summed E-state index contributed by atoms with van der Waals surface area (Å²) in [7, 11) is -0.991. The Bertz CT molecular complexity index is 450. The second kappa shape index (κ2) is 6.58. The molecule has 112 valence electrons. The lowest BCUT2D eigenvalue weighted by Gasteiger charge is -2.18. The van der Waals surface area contributed by atoms with Gasteiger partial charge >= 0.3 is 0 Å². The highest BCUT2D eigenvalue weighted by Crippen LogP contribution is 2.41. The first-order valence-electron chi connectivity index (χ1n) is 7.11. The van der Waals surface area contributed by atoms with Gasteiger partial charge in [0, 0.05) is 17.2 Å². The number of hydrogen-bond donors (Lipinski definition) is 0. The monoisotopic (exact) mass is 314 g/mol. The molecule has 5 heteroatoms. The van der Waals surface area contributed by atoms with Crippen molar-refractivity contribution in [2.24, 2.45) is 0 Å². The largest absolute Gasteiger partial charge is 0.420 e. The lowest BCUT2D eigenvalue weighted by Crippen LogP contribution is -2.23. The molecule has 0 aliphatic carbocycles. The lowest BCUT2D eigenvalue weighted by molar-refractivity contribution is -0.147.